The van der Waals surface area contributed by atoms with E-state index in [9.17, 15) is 9.18 Å². The Morgan fingerprint density at radius 3 is 2.73 bits per heavy atom. The number of amides is 1. The number of aromatic nitrogens is 4. The van der Waals surface area contributed by atoms with Gasteiger partial charge in [0.1, 0.15) is 12.4 Å². The molecule has 0 bridgehead atoms. The van der Waals surface area contributed by atoms with E-state index in [0.29, 0.717) is 5.82 Å². The minimum atomic E-state index is -0.446. The van der Waals surface area contributed by atoms with Crippen LogP contribution in [0.1, 0.15) is 11.1 Å². The van der Waals surface area contributed by atoms with Gasteiger partial charge >= 0.3 is 0 Å². The summed E-state index contributed by atoms with van der Waals surface area (Å²) in [5, 5.41) is 12.5. The number of rotatable bonds is 5. The van der Waals surface area contributed by atoms with Gasteiger partial charge in [0.15, 0.2) is 0 Å². The number of hydrogen-bond acceptors (Lipinski definition) is 4. The molecular formula is C18H17ClFN5O. The zero-order valence-corrected chi connectivity index (χ0v) is 15.1. The van der Waals surface area contributed by atoms with Crippen LogP contribution in [0.3, 0.4) is 0 Å². The second kappa shape index (κ2) is 7.61. The zero-order valence-electron chi connectivity index (χ0n) is 14.4. The minimum Gasteiger partial charge on any atom is -0.340 e. The van der Waals surface area contributed by atoms with Crippen molar-refractivity contribution in [2.75, 3.05) is 7.05 Å². The largest absolute Gasteiger partial charge is 0.340 e. The van der Waals surface area contributed by atoms with Crippen LogP contribution in [0.15, 0.2) is 42.5 Å². The fourth-order valence-corrected chi connectivity index (χ4v) is 2.72. The van der Waals surface area contributed by atoms with E-state index in [2.05, 4.69) is 15.4 Å². The third-order valence-electron chi connectivity index (χ3n) is 4.00. The summed E-state index contributed by atoms with van der Waals surface area (Å²) in [6.07, 6.45) is 0. The van der Waals surface area contributed by atoms with Crippen LogP contribution in [0.2, 0.25) is 5.02 Å². The predicted octanol–water partition coefficient (Wildman–Crippen LogP) is 3.10. The standard InChI is InChI=1S/C18H17ClFN5O/c1-12-6-3-4-7-13(12)18-21-23-25(22-18)11-17(26)24(2)10-14-15(19)8-5-9-16(14)20/h3-9H,10-11H2,1-2H3. The molecule has 0 radical (unpaired) electrons. The van der Waals surface area contributed by atoms with Crippen molar-refractivity contribution in [3.8, 4) is 11.4 Å². The fraction of sp³-hybridized carbons (Fsp3) is 0.222. The maximum absolute atomic E-state index is 13.9. The van der Waals surface area contributed by atoms with Gasteiger partial charge in [0, 0.05) is 29.7 Å². The van der Waals surface area contributed by atoms with E-state index >= 15 is 0 Å². The maximum Gasteiger partial charge on any atom is 0.246 e. The van der Waals surface area contributed by atoms with E-state index in [0.717, 1.165) is 11.1 Å². The van der Waals surface area contributed by atoms with Crippen LogP contribution in [0, 0.1) is 12.7 Å². The SMILES string of the molecule is Cc1ccccc1-c1nnn(CC(=O)N(C)Cc2c(F)cccc2Cl)n1. The average molecular weight is 374 g/mol. The fourth-order valence-electron chi connectivity index (χ4n) is 2.49. The second-order valence-corrected chi connectivity index (χ2v) is 6.32. The number of nitrogens with zero attached hydrogens (tertiary/aromatic N) is 5. The summed E-state index contributed by atoms with van der Waals surface area (Å²) in [5.74, 6) is -0.272. The number of likely N-dealkylation sites (N-methyl/N-ethyl adjacent to an activating group) is 1. The molecule has 1 heterocycles. The Bertz CT molecular complexity index is 923. The lowest BCUT2D eigenvalue weighted by Crippen LogP contribution is -2.31. The Morgan fingerprint density at radius 1 is 1.23 bits per heavy atom. The molecular weight excluding hydrogens is 357 g/mol. The normalized spacial score (nSPS) is 10.8. The van der Waals surface area contributed by atoms with Gasteiger partial charge < -0.3 is 4.90 Å². The number of tetrazole rings is 1. The number of halogens is 2. The highest BCUT2D eigenvalue weighted by atomic mass is 35.5. The molecule has 0 aliphatic carbocycles. The molecule has 0 N–H and O–H groups in total. The average Bonchev–Trinajstić information content (AvgIpc) is 3.06. The molecule has 26 heavy (non-hydrogen) atoms. The summed E-state index contributed by atoms with van der Waals surface area (Å²) >= 11 is 6.01. The van der Waals surface area contributed by atoms with Gasteiger partial charge in [0.05, 0.1) is 0 Å². The third-order valence-corrected chi connectivity index (χ3v) is 4.35. The molecule has 0 aliphatic rings. The molecule has 1 aromatic heterocycles. The third kappa shape index (κ3) is 3.88. The highest BCUT2D eigenvalue weighted by Gasteiger charge is 2.16. The van der Waals surface area contributed by atoms with Gasteiger partial charge in [0.25, 0.3) is 0 Å². The zero-order chi connectivity index (χ0) is 18.7. The Kier molecular flexibility index (Phi) is 5.27. The van der Waals surface area contributed by atoms with Crippen molar-refractivity contribution in [2.45, 2.75) is 20.0 Å². The molecule has 6 nitrogen and oxygen atoms in total. The molecule has 0 saturated carbocycles. The molecule has 1 amide bonds. The van der Waals surface area contributed by atoms with Crippen LogP contribution >= 0.6 is 11.6 Å². The van der Waals surface area contributed by atoms with E-state index in [1.165, 1.54) is 21.8 Å². The summed E-state index contributed by atoms with van der Waals surface area (Å²) in [7, 11) is 1.57. The van der Waals surface area contributed by atoms with Crippen LogP contribution in [0.5, 0.6) is 0 Å². The van der Waals surface area contributed by atoms with E-state index in [1.807, 2.05) is 31.2 Å². The number of carbonyl (C=O) groups is 1. The minimum absolute atomic E-state index is 0.0592. The van der Waals surface area contributed by atoms with Crippen molar-refractivity contribution in [3.63, 3.8) is 0 Å². The summed E-state index contributed by atoms with van der Waals surface area (Å²) in [5.41, 5.74) is 2.15. The van der Waals surface area contributed by atoms with Crippen LogP contribution in [-0.2, 0) is 17.9 Å². The lowest BCUT2D eigenvalue weighted by molar-refractivity contribution is -0.131. The number of hydrogen-bond donors (Lipinski definition) is 0. The molecule has 3 rings (SSSR count). The quantitative estimate of drug-likeness (QED) is 0.689. The first-order valence-electron chi connectivity index (χ1n) is 7.96. The summed E-state index contributed by atoms with van der Waals surface area (Å²) in [6, 6.07) is 12.1. The van der Waals surface area contributed by atoms with Crippen molar-refractivity contribution in [2.24, 2.45) is 0 Å². The molecule has 0 spiro atoms. The van der Waals surface area contributed by atoms with Crippen LogP contribution in [-0.4, -0.2) is 38.1 Å². The van der Waals surface area contributed by atoms with Gasteiger partial charge in [-0.15, -0.1) is 10.2 Å². The van der Waals surface area contributed by atoms with Gasteiger partial charge in [-0.2, -0.15) is 4.80 Å². The lowest BCUT2D eigenvalue weighted by atomic mass is 10.1. The summed E-state index contributed by atoms with van der Waals surface area (Å²) < 4.78 is 13.9. The molecule has 0 fully saturated rings. The van der Waals surface area contributed by atoms with Gasteiger partial charge in [0.2, 0.25) is 11.7 Å². The molecule has 134 valence electrons. The Morgan fingerprint density at radius 2 is 2.00 bits per heavy atom. The van der Waals surface area contributed by atoms with E-state index < -0.39 is 5.82 Å². The first kappa shape index (κ1) is 18.0. The Balaban J connectivity index is 1.69. The number of carbonyl (C=O) groups excluding carboxylic acids is 1. The molecule has 2 aromatic carbocycles. The molecule has 0 saturated heterocycles. The summed E-state index contributed by atoms with van der Waals surface area (Å²) in [6.45, 7) is 1.91. The number of benzene rings is 2. The van der Waals surface area contributed by atoms with Crippen LogP contribution < -0.4 is 0 Å². The van der Waals surface area contributed by atoms with E-state index in [4.69, 9.17) is 11.6 Å². The highest BCUT2D eigenvalue weighted by Crippen LogP contribution is 2.21. The monoisotopic (exact) mass is 373 g/mol. The van der Waals surface area contributed by atoms with Crippen LogP contribution in [0.25, 0.3) is 11.4 Å². The molecule has 3 aromatic rings. The van der Waals surface area contributed by atoms with Crippen molar-refractivity contribution >= 4 is 17.5 Å². The van der Waals surface area contributed by atoms with E-state index in [1.54, 1.807) is 13.1 Å². The molecule has 0 aliphatic heterocycles. The van der Waals surface area contributed by atoms with Gasteiger partial charge in [-0.25, -0.2) is 4.39 Å². The second-order valence-electron chi connectivity index (χ2n) is 5.91. The smallest absolute Gasteiger partial charge is 0.246 e. The number of aryl methyl sites for hydroxylation is 1. The van der Waals surface area contributed by atoms with Crippen molar-refractivity contribution in [1.82, 2.24) is 25.1 Å². The first-order valence-corrected chi connectivity index (χ1v) is 8.34. The van der Waals surface area contributed by atoms with Crippen LogP contribution in [0.4, 0.5) is 4.39 Å². The Labute approximate surface area is 155 Å². The van der Waals surface area contributed by atoms with E-state index in [-0.39, 0.29) is 29.6 Å². The summed E-state index contributed by atoms with van der Waals surface area (Å²) in [4.78, 5) is 15.0. The van der Waals surface area contributed by atoms with Gasteiger partial charge in [-0.05, 0) is 29.8 Å². The van der Waals surface area contributed by atoms with Gasteiger partial charge in [-0.3, -0.25) is 4.79 Å². The molecule has 0 unspecified atom stereocenters. The topological polar surface area (TPSA) is 63.9 Å². The lowest BCUT2D eigenvalue weighted by Gasteiger charge is -2.18. The molecule has 8 heteroatoms. The maximum atomic E-state index is 13.9. The van der Waals surface area contributed by atoms with Crippen molar-refractivity contribution in [3.05, 3.63) is 64.4 Å². The van der Waals surface area contributed by atoms with Gasteiger partial charge in [-0.1, -0.05) is 41.9 Å². The predicted molar refractivity (Wildman–Crippen MR) is 95.9 cm³/mol. The van der Waals surface area contributed by atoms with Crippen molar-refractivity contribution < 1.29 is 9.18 Å². The first-order chi connectivity index (χ1) is 12.5. The Hall–Kier alpha value is -2.80. The molecule has 0 atom stereocenters. The highest BCUT2D eigenvalue weighted by molar-refractivity contribution is 6.31. The van der Waals surface area contributed by atoms with Crippen molar-refractivity contribution in [1.29, 1.82) is 0 Å².